The summed E-state index contributed by atoms with van der Waals surface area (Å²) >= 11 is 0. The molecule has 42 heavy (non-hydrogen) atoms. The highest BCUT2D eigenvalue weighted by molar-refractivity contribution is 7.92. The van der Waals surface area contributed by atoms with Crippen molar-refractivity contribution in [3.05, 3.63) is 53.6 Å². The zero-order valence-corrected chi connectivity index (χ0v) is 25.3. The van der Waals surface area contributed by atoms with Gasteiger partial charge in [0.1, 0.15) is 18.0 Å². The average molecular weight is 610 g/mol. The fraction of sp³-hybridized carbons (Fsp3) is 0.600. The summed E-state index contributed by atoms with van der Waals surface area (Å²) in [5.74, 6) is -4.17. The first-order chi connectivity index (χ1) is 20.1. The van der Waals surface area contributed by atoms with Crippen LogP contribution < -0.4 is 9.62 Å². The maximum absolute atomic E-state index is 15.7. The van der Waals surface area contributed by atoms with E-state index in [9.17, 15) is 8.42 Å². The van der Waals surface area contributed by atoms with Gasteiger partial charge in [-0.2, -0.15) is 0 Å². The van der Waals surface area contributed by atoms with Gasteiger partial charge in [-0.25, -0.2) is 31.6 Å². The molecule has 1 fully saturated rings. The van der Waals surface area contributed by atoms with Crippen molar-refractivity contribution in [2.45, 2.75) is 64.3 Å². The highest BCUT2D eigenvalue weighted by atomic mass is 32.2. The zero-order chi connectivity index (χ0) is 30.3. The standard InChI is InChI=1S/C30H42F3N5O3S/c1-4-19-42(39,40)38-14-8-18-41-17-7-13-37-15-11-23(12-16-37)20-30(32,33)26-10-6-9-25(27(26)31)22(3)36-28-24(5-2)29(38)35-21-34-28/h5-6,9-10,21-23H,2,4,7-8,11-20H2,1,3H3,(H,34,35,36)/t22-/m1/s1. The first-order valence-electron chi connectivity index (χ1n) is 14.8. The first kappa shape index (κ1) is 32.2. The molecule has 8 nitrogen and oxygen atoms in total. The van der Waals surface area contributed by atoms with Crippen molar-refractivity contribution in [1.82, 2.24) is 14.9 Å². The quantitative estimate of drug-likeness (QED) is 0.456. The lowest BCUT2D eigenvalue weighted by atomic mass is 9.87. The molecule has 3 aliphatic rings. The first-order valence-corrected chi connectivity index (χ1v) is 16.4. The molecule has 0 unspecified atom stereocenters. The number of rotatable bonds is 4. The number of alkyl halides is 2. The molecule has 0 saturated carbocycles. The fourth-order valence-electron chi connectivity index (χ4n) is 5.77. The van der Waals surface area contributed by atoms with Gasteiger partial charge in [-0.15, -0.1) is 0 Å². The topological polar surface area (TPSA) is 87.7 Å². The Bertz CT molecular complexity index is 1320. The minimum absolute atomic E-state index is 0.0620. The van der Waals surface area contributed by atoms with E-state index in [0.29, 0.717) is 44.5 Å². The van der Waals surface area contributed by atoms with E-state index in [0.717, 1.165) is 32.1 Å². The summed E-state index contributed by atoms with van der Waals surface area (Å²) in [6.07, 6.45) is 5.21. The largest absolute Gasteiger partial charge is 0.381 e. The number of piperidine rings is 1. The van der Waals surface area contributed by atoms with Crippen LogP contribution >= 0.6 is 0 Å². The summed E-state index contributed by atoms with van der Waals surface area (Å²) < 4.78 is 80.5. The Kier molecular flexibility index (Phi) is 10.9. The molecule has 3 aliphatic heterocycles. The van der Waals surface area contributed by atoms with E-state index in [1.54, 1.807) is 13.8 Å². The number of nitrogens with one attached hydrogen (secondary N) is 1. The molecule has 1 aromatic carbocycles. The molecule has 1 atom stereocenters. The van der Waals surface area contributed by atoms with Gasteiger partial charge in [-0.3, -0.25) is 4.31 Å². The molecule has 0 spiro atoms. The van der Waals surface area contributed by atoms with E-state index in [1.165, 1.54) is 28.8 Å². The summed E-state index contributed by atoms with van der Waals surface area (Å²) in [4.78, 5) is 10.8. The number of halogens is 3. The van der Waals surface area contributed by atoms with Crippen LogP contribution in [0.1, 0.15) is 75.1 Å². The van der Waals surface area contributed by atoms with Crippen molar-refractivity contribution in [3.63, 3.8) is 0 Å². The van der Waals surface area contributed by atoms with Crippen LogP contribution in [0.4, 0.5) is 24.8 Å². The maximum Gasteiger partial charge on any atom is 0.276 e. The maximum atomic E-state index is 15.7. The van der Waals surface area contributed by atoms with Gasteiger partial charge in [0.2, 0.25) is 10.0 Å². The van der Waals surface area contributed by atoms with Gasteiger partial charge in [0.05, 0.1) is 22.9 Å². The van der Waals surface area contributed by atoms with Gasteiger partial charge < -0.3 is 15.0 Å². The Labute approximate surface area is 247 Å². The number of nitrogens with zero attached hydrogens (tertiary/aromatic N) is 4. The smallest absolute Gasteiger partial charge is 0.276 e. The number of aromatic nitrogens is 2. The van der Waals surface area contributed by atoms with Crippen molar-refractivity contribution in [3.8, 4) is 0 Å². The van der Waals surface area contributed by atoms with Crippen molar-refractivity contribution in [1.29, 1.82) is 0 Å². The molecule has 5 rings (SSSR count). The van der Waals surface area contributed by atoms with E-state index in [4.69, 9.17) is 4.74 Å². The number of fused-ring (bicyclic) bond motifs is 11. The molecule has 4 heterocycles. The van der Waals surface area contributed by atoms with Crippen LogP contribution in [-0.2, 0) is 20.7 Å². The van der Waals surface area contributed by atoms with Gasteiger partial charge in [-0.05, 0) is 58.0 Å². The summed E-state index contributed by atoms with van der Waals surface area (Å²) in [5.41, 5.74) is -0.231. The molecule has 2 aromatic rings. The van der Waals surface area contributed by atoms with Crippen molar-refractivity contribution in [2.75, 3.05) is 54.8 Å². The molecule has 1 N–H and O–H groups in total. The van der Waals surface area contributed by atoms with E-state index < -0.39 is 39.8 Å². The second-order valence-electron chi connectivity index (χ2n) is 11.1. The molecule has 1 saturated heterocycles. The molecule has 0 amide bonds. The van der Waals surface area contributed by atoms with Crippen LogP contribution in [0.3, 0.4) is 0 Å². The predicted octanol–water partition coefficient (Wildman–Crippen LogP) is 5.98. The lowest BCUT2D eigenvalue weighted by Crippen LogP contribution is -2.36. The Morgan fingerprint density at radius 1 is 1.14 bits per heavy atom. The summed E-state index contributed by atoms with van der Waals surface area (Å²) in [7, 11) is -3.73. The van der Waals surface area contributed by atoms with Gasteiger partial charge in [-0.1, -0.05) is 37.8 Å². The number of hydrogen-bond acceptors (Lipinski definition) is 7. The Morgan fingerprint density at radius 2 is 1.86 bits per heavy atom. The van der Waals surface area contributed by atoms with Crippen LogP contribution in [0.2, 0.25) is 0 Å². The summed E-state index contributed by atoms with van der Waals surface area (Å²) in [6, 6.07) is 3.31. The van der Waals surface area contributed by atoms with Crippen molar-refractivity contribution >= 4 is 27.7 Å². The SMILES string of the molecule is C=Cc1c2ncnc1N(S(=O)(=O)CCC)CCCOCCCN1CCC(CC1)CC(F)(F)c1cccc(c1F)[C@@H](C)N2. The second-order valence-corrected chi connectivity index (χ2v) is 13.2. The third-order valence-corrected chi connectivity index (χ3v) is 9.96. The highest BCUT2D eigenvalue weighted by Gasteiger charge is 2.39. The van der Waals surface area contributed by atoms with Crippen LogP contribution in [-0.4, -0.2) is 68.4 Å². The normalized spacial score (nSPS) is 24.2. The van der Waals surface area contributed by atoms with Gasteiger partial charge in [0, 0.05) is 38.3 Å². The molecule has 232 valence electrons. The minimum Gasteiger partial charge on any atom is -0.381 e. The number of anilines is 2. The number of ether oxygens (including phenoxy) is 1. The van der Waals surface area contributed by atoms with E-state index in [-0.39, 0.29) is 35.4 Å². The Balaban J connectivity index is 1.71. The Morgan fingerprint density at radius 3 is 2.55 bits per heavy atom. The molecule has 12 heteroatoms. The van der Waals surface area contributed by atoms with Gasteiger partial charge in [0.25, 0.3) is 5.92 Å². The number of benzene rings is 1. The second kappa shape index (κ2) is 14.2. The molecular weight excluding hydrogens is 567 g/mol. The average Bonchev–Trinajstić information content (AvgIpc) is 2.94. The summed E-state index contributed by atoms with van der Waals surface area (Å²) in [5, 5.41) is 3.09. The number of sulfonamides is 1. The third kappa shape index (κ3) is 7.62. The van der Waals surface area contributed by atoms with Crippen LogP contribution in [0, 0.1) is 11.7 Å². The molecule has 0 aliphatic carbocycles. The van der Waals surface area contributed by atoms with Crippen LogP contribution in [0.5, 0.6) is 0 Å². The van der Waals surface area contributed by atoms with E-state index >= 15 is 13.2 Å². The molecule has 1 aromatic heterocycles. The lowest BCUT2D eigenvalue weighted by Gasteiger charge is -2.34. The van der Waals surface area contributed by atoms with Crippen molar-refractivity contribution in [2.24, 2.45) is 5.92 Å². The summed E-state index contributed by atoms with van der Waals surface area (Å²) in [6.45, 7) is 10.6. The fourth-order valence-corrected chi connectivity index (χ4v) is 7.32. The van der Waals surface area contributed by atoms with Crippen molar-refractivity contribution < 1.29 is 26.3 Å². The predicted molar refractivity (Wildman–Crippen MR) is 160 cm³/mol. The monoisotopic (exact) mass is 609 g/mol. The molecule has 6 bridgehead atoms. The minimum atomic E-state index is -3.73. The number of hydrogen-bond donors (Lipinski definition) is 1. The molecule has 0 radical (unpaired) electrons. The van der Waals surface area contributed by atoms with Crippen LogP contribution in [0.15, 0.2) is 31.1 Å². The molecular formula is C30H42F3N5O3S. The highest BCUT2D eigenvalue weighted by Crippen LogP contribution is 2.41. The lowest BCUT2D eigenvalue weighted by molar-refractivity contribution is -0.0403. The van der Waals surface area contributed by atoms with Crippen LogP contribution in [0.25, 0.3) is 6.08 Å². The van der Waals surface area contributed by atoms with Gasteiger partial charge >= 0.3 is 0 Å². The zero-order valence-electron chi connectivity index (χ0n) is 24.5. The van der Waals surface area contributed by atoms with E-state index in [1.807, 2.05) is 0 Å². The Hall–Kier alpha value is -2.70. The third-order valence-electron chi connectivity index (χ3n) is 8.01. The van der Waals surface area contributed by atoms with Gasteiger partial charge in [0.15, 0.2) is 5.82 Å². The van der Waals surface area contributed by atoms with E-state index in [2.05, 4.69) is 26.8 Å².